The van der Waals surface area contributed by atoms with Crippen LogP contribution in [0.3, 0.4) is 0 Å². The molecule has 13 heavy (non-hydrogen) atoms. The quantitative estimate of drug-likeness (QED) is 0.746. The molecule has 0 spiro atoms. The van der Waals surface area contributed by atoms with E-state index >= 15 is 0 Å². The summed E-state index contributed by atoms with van der Waals surface area (Å²) in [5.41, 5.74) is 0.872. The second-order valence-electron chi connectivity index (χ2n) is 2.79. The van der Waals surface area contributed by atoms with Gasteiger partial charge in [0.05, 0.1) is 12.9 Å². The van der Waals surface area contributed by atoms with E-state index in [2.05, 4.69) is 11.1 Å². The Kier molecular flexibility index (Phi) is 2.00. The molecule has 0 aliphatic rings. The van der Waals surface area contributed by atoms with Gasteiger partial charge >= 0.3 is 0 Å². The van der Waals surface area contributed by atoms with Crippen molar-refractivity contribution in [3.8, 4) is 5.75 Å². The third-order valence-electron chi connectivity index (χ3n) is 1.84. The van der Waals surface area contributed by atoms with Gasteiger partial charge < -0.3 is 9.67 Å². The van der Waals surface area contributed by atoms with Gasteiger partial charge in [-0.15, -0.1) is 0 Å². The lowest BCUT2D eigenvalue weighted by atomic mass is 10.2. The van der Waals surface area contributed by atoms with E-state index < -0.39 is 0 Å². The third kappa shape index (κ3) is 1.69. The van der Waals surface area contributed by atoms with Crippen molar-refractivity contribution in [3.63, 3.8) is 0 Å². The molecular weight excluding hydrogens is 164 g/mol. The Morgan fingerprint density at radius 1 is 1.54 bits per heavy atom. The first-order valence-electron chi connectivity index (χ1n) is 4.00. The largest absolute Gasteiger partial charge is 0.508 e. The van der Waals surface area contributed by atoms with Crippen molar-refractivity contribution in [2.75, 3.05) is 0 Å². The molecule has 0 aliphatic carbocycles. The molecule has 1 heterocycles. The molecule has 3 heteroatoms. The van der Waals surface area contributed by atoms with Crippen molar-refractivity contribution in [1.82, 2.24) is 9.55 Å². The van der Waals surface area contributed by atoms with Crippen LogP contribution in [-0.2, 0) is 6.54 Å². The monoisotopic (exact) mass is 173 g/mol. The lowest BCUT2D eigenvalue weighted by molar-refractivity contribution is 0.466. The molecule has 2 aromatic rings. The van der Waals surface area contributed by atoms with Crippen molar-refractivity contribution in [3.05, 3.63) is 48.5 Å². The molecule has 3 nitrogen and oxygen atoms in total. The van der Waals surface area contributed by atoms with Gasteiger partial charge in [0.15, 0.2) is 0 Å². The third-order valence-corrected chi connectivity index (χ3v) is 1.84. The molecule has 2 rings (SSSR count). The average Bonchev–Trinajstić information content (AvgIpc) is 2.61. The standard InChI is InChI=1S/C10H9N2O/c13-10-4-2-1-3-9(10)7-12-6-5-11-8-12/h1,3-6,8,13H,7H2. The number of phenolic OH excluding ortho intramolecular Hbond substituents is 1. The van der Waals surface area contributed by atoms with Gasteiger partial charge in [0.2, 0.25) is 0 Å². The molecule has 1 aromatic heterocycles. The fraction of sp³-hybridized carbons (Fsp3) is 0.100. The maximum absolute atomic E-state index is 9.44. The van der Waals surface area contributed by atoms with E-state index in [1.165, 1.54) is 0 Å². The van der Waals surface area contributed by atoms with Gasteiger partial charge in [-0.1, -0.05) is 12.1 Å². The first kappa shape index (κ1) is 7.86. The van der Waals surface area contributed by atoms with Gasteiger partial charge in [0, 0.05) is 18.0 Å². The number of benzene rings is 1. The molecule has 0 saturated heterocycles. The van der Waals surface area contributed by atoms with Crippen molar-refractivity contribution < 1.29 is 5.11 Å². The Hall–Kier alpha value is -1.77. The Morgan fingerprint density at radius 3 is 3.15 bits per heavy atom. The fourth-order valence-electron chi connectivity index (χ4n) is 1.16. The number of rotatable bonds is 2. The lowest BCUT2D eigenvalue weighted by Crippen LogP contribution is -1.96. The Labute approximate surface area is 76.3 Å². The Balaban J connectivity index is 2.24. The summed E-state index contributed by atoms with van der Waals surface area (Å²) in [5, 5.41) is 9.44. The summed E-state index contributed by atoms with van der Waals surface area (Å²) in [6.07, 6.45) is 5.29. The second-order valence-corrected chi connectivity index (χ2v) is 2.79. The van der Waals surface area contributed by atoms with Gasteiger partial charge in [-0.05, 0) is 12.1 Å². The summed E-state index contributed by atoms with van der Waals surface area (Å²) in [6.45, 7) is 0.639. The summed E-state index contributed by atoms with van der Waals surface area (Å²) < 4.78 is 1.90. The number of phenols is 1. The molecule has 0 unspecified atom stereocenters. The minimum absolute atomic E-state index is 0.274. The molecule has 0 atom stereocenters. The summed E-state index contributed by atoms with van der Waals surface area (Å²) in [6, 6.07) is 7.99. The second kappa shape index (κ2) is 3.31. The molecular formula is C10H9N2O. The van der Waals surface area contributed by atoms with Crippen LogP contribution in [0.1, 0.15) is 5.56 Å². The summed E-state index contributed by atoms with van der Waals surface area (Å²) >= 11 is 0. The first-order valence-corrected chi connectivity index (χ1v) is 4.00. The zero-order chi connectivity index (χ0) is 9.10. The van der Waals surface area contributed by atoms with Crippen molar-refractivity contribution >= 4 is 0 Å². The number of hydrogen-bond donors (Lipinski definition) is 1. The highest BCUT2D eigenvalue weighted by Gasteiger charge is 1.99. The number of aromatic nitrogens is 2. The molecule has 65 valence electrons. The van der Waals surface area contributed by atoms with E-state index in [9.17, 15) is 5.11 Å². The van der Waals surface area contributed by atoms with Crippen LogP contribution in [0.5, 0.6) is 5.75 Å². The van der Waals surface area contributed by atoms with Crippen LogP contribution in [0.15, 0.2) is 36.9 Å². The predicted octanol–water partition coefficient (Wildman–Crippen LogP) is 1.44. The highest BCUT2D eigenvalue weighted by Crippen LogP contribution is 2.15. The minimum atomic E-state index is 0.274. The number of nitrogens with zero attached hydrogens (tertiary/aromatic N) is 2. The first-order chi connectivity index (χ1) is 6.36. The SMILES string of the molecule is Oc1c[c]ccc1Cn1ccnc1. The van der Waals surface area contributed by atoms with Crippen LogP contribution in [0.4, 0.5) is 0 Å². The van der Waals surface area contributed by atoms with Crippen LogP contribution in [0.25, 0.3) is 0 Å². The van der Waals surface area contributed by atoms with E-state index in [0.29, 0.717) is 6.54 Å². The van der Waals surface area contributed by atoms with E-state index in [4.69, 9.17) is 0 Å². The van der Waals surface area contributed by atoms with Gasteiger partial charge in [-0.25, -0.2) is 4.98 Å². The van der Waals surface area contributed by atoms with E-state index in [1.807, 2.05) is 16.8 Å². The number of imidazole rings is 1. The highest BCUT2D eigenvalue weighted by atomic mass is 16.3. The Morgan fingerprint density at radius 2 is 2.46 bits per heavy atom. The number of aromatic hydroxyl groups is 1. The van der Waals surface area contributed by atoms with Crippen molar-refractivity contribution in [1.29, 1.82) is 0 Å². The maximum Gasteiger partial charge on any atom is 0.121 e. The van der Waals surface area contributed by atoms with Crippen molar-refractivity contribution in [2.45, 2.75) is 6.54 Å². The van der Waals surface area contributed by atoms with E-state index in [0.717, 1.165) is 5.56 Å². The topological polar surface area (TPSA) is 38.0 Å². The predicted molar refractivity (Wildman–Crippen MR) is 48.3 cm³/mol. The smallest absolute Gasteiger partial charge is 0.121 e. The van der Waals surface area contributed by atoms with Gasteiger partial charge in [-0.2, -0.15) is 0 Å². The van der Waals surface area contributed by atoms with Crippen LogP contribution in [0, 0.1) is 6.07 Å². The normalized spacial score (nSPS) is 10.2. The van der Waals surface area contributed by atoms with Crippen LogP contribution >= 0.6 is 0 Å². The maximum atomic E-state index is 9.44. The molecule has 0 amide bonds. The van der Waals surface area contributed by atoms with Gasteiger partial charge in [0.1, 0.15) is 5.75 Å². The Bertz CT molecular complexity index is 382. The van der Waals surface area contributed by atoms with E-state index in [-0.39, 0.29) is 5.75 Å². The van der Waals surface area contributed by atoms with Crippen LogP contribution in [-0.4, -0.2) is 14.7 Å². The highest BCUT2D eigenvalue weighted by molar-refractivity contribution is 5.31. The zero-order valence-corrected chi connectivity index (χ0v) is 7.01. The number of hydrogen-bond acceptors (Lipinski definition) is 2. The van der Waals surface area contributed by atoms with Gasteiger partial charge in [-0.3, -0.25) is 0 Å². The molecule has 1 N–H and O–H groups in total. The zero-order valence-electron chi connectivity index (χ0n) is 7.01. The van der Waals surface area contributed by atoms with Crippen LogP contribution in [0.2, 0.25) is 0 Å². The van der Waals surface area contributed by atoms with Gasteiger partial charge in [0.25, 0.3) is 0 Å². The molecule has 0 fully saturated rings. The summed E-state index contributed by atoms with van der Waals surface area (Å²) in [7, 11) is 0. The molecule has 1 radical (unpaired) electrons. The average molecular weight is 173 g/mol. The fourth-order valence-corrected chi connectivity index (χ4v) is 1.16. The molecule has 1 aromatic carbocycles. The van der Waals surface area contributed by atoms with Crippen LogP contribution < -0.4 is 0 Å². The van der Waals surface area contributed by atoms with E-state index in [1.54, 1.807) is 24.7 Å². The lowest BCUT2D eigenvalue weighted by Gasteiger charge is -2.03. The minimum Gasteiger partial charge on any atom is -0.508 e. The summed E-state index contributed by atoms with van der Waals surface area (Å²) in [5.74, 6) is 0.274. The summed E-state index contributed by atoms with van der Waals surface area (Å²) in [4.78, 5) is 3.92. The molecule has 0 saturated carbocycles. The molecule has 0 aliphatic heterocycles. The molecule has 0 bridgehead atoms. The van der Waals surface area contributed by atoms with Crippen molar-refractivity contribution in [2.24, 2.45) is 0 Å².